The first-order chi connectivity index (χ1) is 7.91. The minimum Gasteiger partial charge on any atom is -0.507 e. The Morgan fingerprint density at radius 2 is 2.12 bits per heavy atom. The van der Waals surface area contributed by atoms with E-state index in [1.165, 1.54) is 22.5 Å². The van der Waals surface area contributed by atoms with Gasteiger partial charge in [-0.2, -0.15) is 0 Å². The van der Waals surface area contributed by atoms with E-state index in [4.69, 9.17) is 0 Å². The van der Waals surface area contributed by atoms with E-state index in [2.05, 4.69) is 15.9 Å². The molecule has 0 aromatic heterocycles. The number of aromatic hydroxyl groups is 1. The third-order valence-corrected chi connectivity index (χ3v) is 5.33. The van der Waals surface area contributed by atoms with Crippen LogP contribution >= 0.6 is 15.9 Å². The van der Waals surface area contributed by atoms with Crippen molar-refractivity contribution in [1.29, 1.82) is 0 Å². The van der Waals surface area contributed by atoms with Crippen molar-refractivity contribution in [2.24, 2.45) is 5.92 Å². The number of sulfonamides is 1. The van der Waals surface area contributed by atoms with E-state index in [1.807, 2.05) is 0 Å². The van der Waals surface area contributed by atoms with Crippen molar-refractivity contribution < 1.29 is 13.5 Å². The molecule has 17 heavy (non-hydrogen) atoms. The SMILES string of the molecule is CN(CC1CC1)S(=O)(=O)c1ccc(Br)c(O)c1. The van der Waals surface area contributed by atoms with Crippen molar-refractivity contribution in [3.05, 3.63) is 22.7 Å². The first-order valence-corrected chi connectivity index (χ1v) is 7.59. The molecule has 0 unspecified atom stereocenters. The van der Waals surface area contributed by atoms with Crippen molar-refractivity contribution in [3.8, 4) is 5.75 Å². The predicted molar refractivity (Wildman–Crippen MR) is 68.3 cm³/mol. The highest BCUT2D eigenvalue weighted by molar-refractivity contribution is 9.10. The summed E-state index contributed by atoms with van der Waals surface area (Å²) in [7, 11) is -1.90. The molecule has 0 aliphatic heterocycles. The fraction of sp³-hybridized carbons (Fsp3) is 0.455. The molecule has 1 saturated carbocycles. The lowest BCUT2D eigenvalue weighted by atomic mass is 10.3. The van der Waals surface area contributed by atoms with Gasteiger partial charge in [0.15, 0.2) is 0 Å². The molecule has 1 aromatic rings. The zero-order valence-corrected chi connectivity index (χ0v) is 11.8. The number of phenols is 1. The number of rotatable bonds is 4. The van der Waals surface area contributed by atoms with Crippen LogP contribution in [0.1, 0.15) is 12.8 Å². The first-order valence-electron chi connectivity index (χ1n) is 5.36. The number of hydrogen-bond acceptors (Lipinski definition) is 3. The maximum Gasteiger partial charge on any atom is 0.242 e. The summed E-state index contributed by atoms with van der Waals surface area (Å²) in [5.74, 6) is 0.435. The molecule has 6 heteroatoms. The van der Waals surface area contributed by atoms with Crippen LogP contribution in [0.3, 0.4) is 0 Å². The molecule has 0 spiro atoms. The monoisotopic (exact) mass is 319 g/mol. The molecule has 2 rings (SSSR count). The van der Waals surface area contributed by atoms with Crippen LogP contribution in [-0.4, -0.2) is 31.4 Å². The molecule has 0 saturated heterocycles. The Kier molecular flexibility index (Phi) is 3.47. The summed E-state index contributed by atoms with van der Waals surface area (Å²) in [6.07, 6.45) is 2.21. The van der Waals surface area contributed by atoms with Crippen LogP contribution in [-0.2, 0) is 10.0 Å². The Balaban J connectivity index is 2.26. The highest BCUT2D eigenvalue weighted by Gasteiger charge is 2.29. The molecule has 0 atom stereocenters. The molecule has 0 amide bonds. The molecule has 1 aliphatic carbocycles. The largest absolute Gasteiger partial charge is 0.507 e. The van der Waals surface area contributed by atoms with Crippen molar-refractivity contribution >= 4 is 26.0 Å². The third-order valence-electron chi connectivity index (χ3n) is 2.84. The second-order valence-electron chi connectivity index (χ2n) is 4.34. The van der Waals surface area contributed by atoms with Gasteiger partial charge < -0.3 is 5.11 Å². The summed E-state index contributed by atoms with van der Waals surface area (Å²) < 4.78 is 26.2. The standard InChI is InChI=1S/C11H14BrNO3S/c1-13(7-8-2-3-8)17(15,16)9-4-5-10(12)11(14)6-9/h4-6,8,14H,2-3,7H2,1H3. The number of phenolic OH excluding ortho intramolecular Hbond substituents is 1. The van der Waals surface area contributed by atoms with Crippen molar-refractivity contribution in [1.82, 2.24) is 4.31 Å². The number of nitrogens with zero attached hydrogens (tertiary/aromatic N) is 1. The fourth-order valence-corrected chi connectivity index (χ4v) is 3.11. The number of benzene rings is 1. The van der Waals surface area contributed by atoms with Crippen molar-refractivity contribution in [3.63, 3.8) is 0 Å². The molecule has 1 aliphatic rings. The van der Waals surface area contributed by atoms with Crippen LogP contribution < -0.4 is 0 Å². The Hall–Kier alpha value is -0.590. The van der Waals surface area contributed by atoms with Gasteiger partial charge in [0.25, 0.3) is 0 Å². The molecule has 0 radical (unpaired) electrons. The van der Waals surface area contributed by atoms with Gasteiger partial charge in [-0.05, 0) is 46.8 Å². The van der Waals surface area contributed by atoms with Crippen molar-refractivity contribution in [2.45, 2.75) is 17.7 Å². The molecule has 1 fully saturated rings. The van der Waals surface area contributed by atoms with E-state index in [1.54, 1.807) is 7.05 Å². The van der Waals surface area contributed by atoms with E-state index in [9.17, 15) is 13.5 Å². The average molecular weight is 320 g/mol. The van der Waals surface area contributed by atoms with E-state index < -0.39 is 10.0 Å². The maximum atomic E-state index is 12.2. The second-order valence-corrected chi connectivity index (χ2v) is 7.24. The van der Waals surface area contributed by atoms with Crippen LogP contribution in [0.15, 0.2) is 27.6 Å². The summed E-state index contributed by atoms with van der Waals surface area (Å²) in [6, 6.07) is 4.29. The molecule has 4 nitrogen and oxygen atoms in total. The van der Waals surface area contributed by atoms with Crippen LogP contribution in [0.25, 0.3) is 0 Å². The van der Waals surface area contributed by atoms with E-state index in [-0.39, 0.29) is 10.6 Å². The minimum absolute atomic E-state index is 0.0640. The number of halogens is 1. The summed E-state index contributed by atoms with van der Waals surface area (Å²) in [6.45, 7) is 0.555. The van der Waals surface area contributed by atoms with E-state index in [0.29, 0.717) is 16.9 Å². The van der Waals surface area contributed by atoms with Crippen LogP contribution in [0, 0.1) is 5.92 Å². The molecular formula is C11H14BrNO3S. The third kappa shape index (κ3) is 2.81. The Labute approximate surface area is 109 Å². The van der Waals surface area contributed by atoms with Gasteiger partial charge in [0.05, 0.1) is 9.37 Å². The van der Waals surface area contributed by atoms with Gasteiger partial charge in [-0.1, -0.05) is 0 Å². The van der Waals surface area contributed by atoms with Crippen LogP contribution in [0.4, 0.5) is 0 Å². The van der Waals surface area contributed by atoms with Gasteiger partial charge in [0, 0.05) is 19.7 Å². The topological polar surface area (TPSA) is 57.6 Å². The van der Waals surface area contributed by atoms with Crippen LogP contribution in [0.2, 0.25) is 0 Å². The molecular weight excluding hydrogens is 306 g/mol. The Morgan fingerprint density at radius 3 is 2.65 bits per heavy atom. The lowest BCUT2D eigenvalue weighted by molar-refractivity contribution is 0.449. The fourth-order valence-electron chi connectivity index (χ4n) is 1.60. The Morgan fingerprint density at radius 1 is 1.47 bits per heavy atom. The maximum absolute atomic E-state index is 12.2. The molecule has 0 bridgehead atoms. The zero-order valence-electron chi connectivity index (χ0n) is 9.43. The van der Waals surface area contributed by atoms with E-state index in [0.717, 1.165) is 12.8 Å². The quantitative estimate of drug-likeness (QED) is 0.925. The zero-order chi connectivity index (χ0) is 12.6. The molecule has 1 N–H and O–H groups in total. The summed E-state index contributed by atoms with van der Waals surface area (Å²) in [5.41, 5.74) is 0. The van der Waals surface area contributed by atoms with Gasteiger partial charge in [-0.25, -0.2) is 12.7 Å². The highest BCUT2D eigenvalue weighted by Crippen LogP contribution is 2.32. The number of hydrogen-bond donors (Lipinski definition) is 1. The Bertz CT molecular complexity index is 526. The summed E-state index contributed by atoms with van der Waals surface area (Å²) >= 11 is 3.12. The minimum atomic E-state index is -3.48. The molecule has 0 heterocycles. The van der Waals surface area contributed by atoms with Gasteiger partial charge in [0.2, 0.25) is 10.0 Å². The predicted octanol–water partition coefficient (Wildman–Crippen LogP) is 2.19. The van der Waals surface area contributed by atoms with Crippen LogP contribution in [0.5, 0.6) is 5.75 Å². The van der Waals surface area contributed by atoms with Gasteiger partial charge in [-0.3, -0.25) is 0 Å². The highest BCUT2D eigenvalue weighted by atomic mass is 79.9. The normalized spacial score (nSPS) is 16.4. The lowest BCUT2D eigenvalue weighted by Gasteiger charge is -2.17. The smallest absolute Gasteiger partial charge is 0.242 e. The van der Waals surface area contributed by atoms with Crippen molar-refractivity contribution in [2.75, 3.05) is 13.6 Å². The summed E-state index contributed by atoms with van der Waals surface area (Å²) in [5, 5.41) is 9.51. The first kappa shape index (κ1) is 12.9. The lowest BCUT2D eigenvalue weighted by Crippen LogP contribution is -2.28. The van der Waals surface area contributed by atoms with Gasteiger partial charge in [-0.15, -0.1) is 0 Å². The van der Waals surface area contributed by atoms with Gasteiger partial charge >= 0.3 is 0 Å². The summed E-state index contributed by atoms with van der Waals surface area (Å²) in [4.78, 5) is 0.126. The van der Waals surface area contributed by atoms with Gasteiger partial charge in [0.1, 0.15) is 5.75 Å². The van der Waals surface area contributed by atoms with E-state index >= 15 is 0 Å². The molecule has 94 valence electrons. The second kappa shape index (κ2) is 4.59. The molecule has 1 aromatic carbocycles. The average Bonchev–Trinajstić information content (AvgIpc) is 3.05.